The van der Waals surface area contributed by atoms with Gasteiger partial charge in [-0.25, -0.2) is 0 Å². The van der Waals surface area contributed by atoms with Gasteiger partial charge >= 0.3 is 0 Å². The minimum Gasteiger partial charge on any atom is -0.343 e. The molecule has 2 aromatic carbocycles. The van der Waals surface area contributed by atoms with Crippen LogP contribution in [-0.4, -0.2) is 59.7 Å². The lowest BCUT2D eigenvalue weighted by atomic mass is 9.99. The number of hydrogen-bond donors (Lipinski definition) is 0. The van der Waals surface area contributed by atoms with E-state index in [4.69, 9.17) is 0 Å². The van der Waals surface area contributed by atoms with Gasteiger partial charge in [0.1, 0.15) is 0 Å². The highest BCUT2D eigenvalue weighted by Gasteiger charge is 2.30. The van der Waals surface area contributed by atoms with Gasteiger partial charge in [0.15, 0.2) is 0 Å². The van der Waals surface area contributed by atoms with Crippen LogP contribution in [0.15, 0.2) is 48.5 Å². The number of nitrogens with zero attached hydrogens (tertiary/aromatic N) is 3. The molecule has 1 fully saturated rings. The third kappa shape index (κ3) is 4.57. The molecule has 2 aromatic rings. The van der Waals surface area contributed by atoms with Crippen LogP contribution >= 0.6 is 0 Å². The monoisotopic (exact) mass is 405 g/mol. The van der Waals surface area contributed by atoms with Gasteiger partial charge in [0.05, 0.1) is 0 Å². The van der Waals surface area contributed by atoms with E-state index in [0.29, 0.717) is 18.5 Å². The fraction of sp³-hybridized carbons (Fsp3) is 0.440. The second kappa shape index (κ2) is 9.00. The van der Waals surface area contributed by atoms with Crippen LogP contribution in [-0.2, 0) is 24.3 Å². The summed E-state index contributed by atoms with van der Waals surface area (Å²) >= 11 is 0. The highest BCUT2D eigenvalue weighted by atomic mass is 16.2. The van der Waals surface area contributed by atoms with E-state index in [2.05, 4.69) is 41.3 Å². The Balaban J connectivity index is 1.32. The fourth-order valence-electron chi connectivity index (χ4n) is 4.67. The number of fused-ring (bicyclic) bond motifs is 1. The van der Waals surface area contributed by atoms with Crippen molar-refractivity contribution in [3.05, 3.63) is 70.8 Å². The Morgan fingerprint density at radius 2 is 1.83 bits per heavy atom. The highest BCUT2D eigenvalue weighted by molar-refractivity contribution is 5.94. The quantitative estimate of drug-likeness (QED) is 0.741. The van der Waals surface area contributed by atoms with E-state index in [1.54, 1.807) is 4.90 Å². The van der Waals surface area contributed by atoms with Crippen molar-refractivity contribution in [3.8, 4) is 0 Å². The van der Waals surface area contributed by atoms with Crippen LogP contribution in [0.4, 0.5) is 0 Å². The summed E-state index contributed by atoms with van der Waals surface area (Å²) in [6.07, 6.45) is 1.64. The summed E-state index contributed by atoms with van der Waals surface area (Å²) in [5, 5.41) is 0. The smallest absolute Gasteiger partial charge is 0.253 e. The molecule has 30 heavy (non-hydrogen) atoms. The first-order chi connectivity index (χ1) is 14.5. The first-order valence-corrected chi connectivity index (χ1v) is 10.9. The molecule has 5 nitrogen and oxygen atoms in total. The second-order valence-corrected chi connectivity index (χ2v) is 8.61. The number of amides is 2. The van der Waals surface area contributed by atoms with Gasteiger partial charge in [-0.15, -0.1) is 0 Å². The topological polar surface area (TPSA) is 43.9 Å². The van der Waals surface area contributed by atoms with Crippen molar-refractivity contribution in [2.45, 2.75) is 32.9 Å². The van der Waals surface area contributed by atoms with Crippen molar-refractivity contribution < 1.29 is 9.59 Å². The van der Waals surface area contributed by atoms with Gasteiger partial charge in [0, 0.05) is 64.2 Å². The normalized spacial score (nSPS) is 19.1. The summed E-state index contributed by atoms with van der Waals surface area (Å²) < 4.78 is 0. The molecule has 158 valence electrons. The predicted molar refractivity (Wildman–Crippen MR) is 118 cm³/mol. The van der Waals surface area contributed by atoms with Gasteiger partial charge in [-0.05, 0) is 42.2 Å². The van der Waals surface area contributed by atoms with Crippen molar-refractivity contribution >= 4 is 11.8 Å². The molecule has 2 heterocycles. The third-order valence-corrected chi connectivity index (χ3v) is 6.37. The molecule has 5 heteroatoms. The molecule has 0 aliphatic carbocycles. The molecule has 0 bridgehead atoms. The van der Waals surface area contributed by atoms with Crippen molar-refractivity contribution in [3.63, 3.8) is 0 Å². The Morgan fingerprint density at radius 3 is 2.53 bits per heavy atom. The van der Waals surface area contributed by atoms with Crippen molar-refractivity contribution in [2.24, 2.45) is 5.92 Å². The zero-order valence-electron chi connectivity index (χ0n) is 18.0. The Bertz CT molecular complexity index is 909. The molecule has 1 saturated heterocycles. The van der Waals surface area contributed by atoms with Crippen LogP contribution in [0.2, 0.25) is 0 Å². The maximum Gasteiger partial charge on any atom is 0.253 e. The largest absolute Gasteiger partial charge is 0.343 e. The average molecular weight is 406 g/mol. The lowest BCUT2D eigenvalue weighted by Gasteiger charge is -2.28. The number of rotatable bonds is 6. The predicted octanol–water partition coefficient (Wildman–Crippen LogP) is 3.19. The summed E-state index contributed by atoms with van der Waals surface area (Å²) in [5.74, 6) is 0.455. The van der Waals surface area contributed by atoms with Crippen molar-refractivity contribution in [1.29, 1.82) is 0 Å². The van der Waals surface area contributed by atoms with E-state index in [0.717, 1.165) is 39.1 Å². The van der Waals surface area contributed by atoms with Gasteiger partial charge in [-0.2, -0.15) is 0 Å². The molecule has 2 aliphatic rings. The molecule has 2 aliphatic heterocycles. The fourth-order valence-corrected chi connectivity index (χ4v) is 4.67. The molecular formula is C25H31N3O2. The molecule has 0 radical (unpaired) electrons. The number of carbonyl (C=O) groups excluding carboxylic acids is 2. The van der Waals surface area contributed by atoms with Crippen LogP contribution in [0.3, 0.4) is 0 Å². The summed E-state index contributed by atoms with van der Waals surface area (Å²) in [4.78, 5) is 30.8. The Labute approximate surface area is 179 Å². The zero-order chi connectivity index (χ0) is 21.1. The van der Waals surface area contributed by atoms with E-state index in [1.165, 1.54) is 16.7 Å². The van der Waals surface area contributed by atoms with Crippen LogP contribution in [0.25, 0.3) is 0 Å². The lowest BCUT2D eigenvalue weighted by molar-refractivity contribution is -0.127. The van der Waals surface area contributed by atoms with E-state index in [1.807, 2.05) is 31.0 Å². The number of likely N-dealkylation sites (tertiary alicyclic amines) is 1. The first kappa shape index (κ1) is 20.6. The molecule has 1 atom stereocenters. The van der Waals surface area contributed by atoms with Crippen LogP contribution in [0, 0.1) is 5.92 Å². The van der Waals surface area contributed by atoms with Crippen molar-refractivity contribution in [2.75, 3.05) is 33.2 Å². The third-order valence-electron chi connectivity index (χ3n) is 6.37. The van der Waals surface area contributed by atoms with E-state index >= 15 is 0 Å². The Kier molecular flexibility index (Phi) is 6.18. The minimum atomic E-state index is 0.0239. The van der Waals surface area contributed by atoms with Gasteiger partial charge in [-0.3, -0.25) is 14.5 Å². The highest BCUT2D eigenvalue weighted by Crippen LogP contribution is 2.21. The van der Waals surface area contributed by atoms with E-state index in [-0.39, 0.29) is 17.7 Å². The maximum absolute atomic E-state index is 12.8. The SMILES string of the molecule is CCN1C[C@@H](CN(C)C(=O)c2ccc(CN3CCc4ccccc4C3)cc2)CC1=O. The standard InChI is InChI=1S/C25H31N3O2/c1-3-28-17-20(14-24(28)29)15-26(2)25(30)22-10-8-19(9-11-22)16-27-13-12-21-6-4-5-7-23(21)18-27/h4-11,20H,3,12-18H2,1-2H3/t20-/m1/s1. The summed E-state index contributed by atoms with van der Waals surface area (Å²) in [7, 11) is 1.83. The van der Waals surface area contributed by atoms with Gasteiger partial charge < -0.3 is 9.80 Å². The molecule has 0 N–H and O–H groups in total. The van der Waals surface area contributed by atoms with Gasteiger partial charge in [0.2, 0.25) is 5.91 Å². The van der Waals surface area contributed by atoms with Crippen LogP contribution in [0.1, 0.15) is 40.4 Å². The second-order valence-electron chi connectivity index (χ2n) is 8.61. The zero-order valence-corrected chi connectivity index (χ0v) is 18.0. The molecule has 0 spiro atoms. The molecular weight excluding hydrogens is 374 g/mol. The first-order valence-electron chi connectivity index (χ1n) is 10.9. The number of benzene rings is 2. The van der Waals surface area contributed by atoms with Gasteiger partial charge in [-0.1, -0.05) is 36.4 Å². The Morgan fingerprint density at radius 1 is 1.10 bits per heavy atom. The summed E-state index contributed by atoms with van der Waals surface area (Å²) in [5.41, 5.74) is 4.82. The molecule has 0 aromatic heterocycles. The van der Waals surface area contributed by atoms with Crippen LogP contribution in [0.5, 0.6) is 0 Å². The molecule has 0 unspecified atom stereocenters. The van der Waals surface area contributed by atoms with Crippen molar-refractivity contribution in [1.82, 2.24) is 14.7 Å². The van der Waals surface area contributed by atoms with Crippen LogP contribution < -0.4 is 0 Å². The molecule has 0 saturated carbocycles. The lowest BCUT2D eigenvalue weighted by Crippen LogP contribution is -2.33. The maximum atomic E-state index is 12.8. The summed E-state index contributed by atoms with van der Waals surface area (Å²) in [6.45, 7) is 7.07. The minimum absolute atomic E-state index is 0.0239. The number of carbonyl (C=O) groups is 2. The summed E-state index contributed by atoms with van der Waals surface area (Å²) in [6, 6.07) is 16.7. The number of hydrogen-bond acceptors (Lipinski definition) is 3. The van der Waals surface area contributed by atoms with E-state index < -0.39 is 0 Å². The Hall–Kier alpha value is -2.66. The average Bonchev–Trinajstić information content (AvgIpc) is 3.12. The molecule has 4 rings (SSSR count). The molecule has 2 amide bonds. The van der Waals surface area contributed by atoms with E-state index in [9.17, 15) is 9.59 Å². The van der Waals surface area contributed by atoms with Gasteiger partial charge in [0.25, 0.3) is 5.91 Å².